The van der Waals surface area contributed by atoms with E-state index in [0.717, 1.165) is 27.8 Å². The molecule has 0 radical (unpaired) electrons. The number of methoxy groups -OCH3 is 1. The number of anilines is 1. The second-order valence-electron chi connectivity index (χ2n) is 8.02. The van der Waals surface area contributed by atoms with Crippen molar-refractivity contribution in [3.63, 3.8) is 0 Å². The van der Waals surface area contributed by atoms with Crippen molar-refractivity contribution in [1.29, 1.82) is 0 Å². The molecule has 1 aliphatic heterocycles. The van der Waals surface area contributed by atoms with Gasteiger partial charge < -0.3 is 9.64 Å². The molecule has 1 amide bonds. The lowest BCUT2D eigenvalue weighted by Crippen LogP contribution is -2.48. The zero-order valence-electron chi connectivity index (χ0n) is 17.6. The molecule has 0 aromatic heterocycles. The monoisotopic (exact) mass is 505 g/mol. The maximum atomic E-state index is 12.3. The zero-order valence-corrected chi connectivity index (χ0v) is 19.8. The molecule has 29 heavy (non-hydrogen) atoms. The van der Waals surface area contributed by atoms with Crippen LogP contribution in [-0.2, 0) is 0 Å². The topological polar surface area (TPSA) is 53.9 Å². The summed E-state index contributed by atoms with van der Waals surface area (Å²) in [6, 6.07) is 11.6. The molecule has 0 bridgehead atoms. The van der Waals surface area contributed by atoms with Crippen molar-refractivity contribution in [3.8, 4) is 5.75 Å². The second-order valence-corrected chi connectivity index (χ2v) is 9.27. The molecule has 0 aliphatic carbocycles. The quantitative estimate of drug-likeness (QED) is 0.347. The summed E-state index contributed by atoms with van der Waals surface area (Å²) in [7, 11) is 1.66. The van der Waals surface area contributed by atoms with E-state index in [1.807, 2.05) is 18.2 Å². The summed E-state index contributed by atoms with van der Waals surface area (Å²) >= 11 is 2.18. The number of nitrogens with one attached hydrogen (secondary N) is 1. The molecular formula is C23H28IN3O2. The predicted octanol–water partition coefficient (Wildman–Crippen LogP) is 5.18. The highest BCUT2D eigenvalue weighted by atomic mass is 127. The first-order chi connectivity index (χ1) is 13.8. The smallest absolute Gasteiger partial charge is 0.271 e. The number of carbonyl (C=O) groups excluding carboxylic acids is 1. The molecule has 6 heteroatoms. The molecule has 3 rings (SSSR count). The summed E-state index contributed by atoms with van der Waals surface area (Å²) in [6.07, 6.45) is 2.74. The van der Waals surface area contributed by atoms with Crippen LogP contribution in [-0.4, -0.2) is 31.3 Å². The van der Waals surface area contributed by atoms with Crippen LogP contribution in [0.5, 0.6) is 5.75 Å². The lowest BCUT2D eigenvalue weighted by Gasteiger charge is -2.47. The van der Waals surface area contributed by atoms with Gasteiger partial charge in [0.15, 0.2) is 0 Å². The van der Waals surface area contributed by atoms with Crippen molar-refractivity contribution < 1.29 is 9.53 Å². The van der Waals surface area contributed by atoms with Gasteiger partial charge in [-0.15, -0.1) is 0 Å². The first-order valence-electron chi connectivity index (χ1n) is 9.85. The minimum absolute atomic E-state index is 0.100. The van der Waals surface area contributed by atoms with Crippen LogP contribution in [0.4, 0.5) is 5.69 Å². The van der Waals surface area contributed by atoms with Crippen LogP contribution in [0.25, 0.3) is 0 Å². The van der Waals surface area contributed by atoms with E-state index in [1.165, 1.54) is 11.3 Å². The Labute approximate surface area is 186 Å². The normalized spacial score (nSPS) is 17.9. The molecule has 1 unspecified atom stereocenters. The Bertz CT molecular complexity index is 940. The first-order valence-corrected chi connectivity index (χ1v) is 10.9. The lowest BCUT2D eigenvalue weighted by molar-refractivity contribution is 0.0955. The Hall–Kier alpha value is -2.09. The maximum absolute atomic E-state index is 12.3. The third-order valence-corrected chi connectivity index (χ3v) is 6.18. The molecule has 154 valence electrons. The number of amides is 1. The number of rotatable bonds is 5. The Kier molecular flexibility index (Phi) is 6.51. The van der Waals surface area contributed by atoms with E-state index in [1.54, 1.807) is 19.4 Å². The van der Waals surface area contributed by atoms with Crippen LogP contribution < -0.4 is 15.1 Å². The van der Waals surface area contributed by atoms with Crippen LogP contribution in [0.15, 0.2) is 41.5 Å². The molecule has 1 heterocycles. The van der Waals surface area contributed by atoms with Crippen molar-refractivity contribution in [2.45, 2.75) is 45.6 Å². The van der Waals surface area contributed by atoms with Gasteiger partial charge in [0.25, 0.3) is 5.91 Å². The molecule has 1 atom stereocenters. The third kappa shape index (κ3) is 4.57. The maximum Gasteiger partial charge on any atom is 0.271 e. The largest absolute Gasteiger partial charge is 0.496 e. The number of fused-ring (bicyclic) bond motifs is 1. The van der Waals surface area contributed by atoms with Gasteiger partial charge >= 0.3 is 0 Å². The standard InChI is InChI=1S/C23H28IN3O2/c1-6-27-20-12-21(29-5)17(11-19(20)15(2)13-23(27,3)4)14-25-26-22(28)16-8-7-9-18(24)10-16/h7-12,14-15H,6,13H2,1-5H3,(H,26,28)/b25-14-. The van der Waals surface area contributed by atoms with Gasteiger partial charge in [0.2, 0.25) is 0 Å². The number of hydrogen-bond acceptors (Lipinski definition) is 4. The van der Waals surface area contributed by atoms with Crippen LogP contribution in [0.2, 0.25) is 0 Å². The molecule has 0 saturated heterocycles. The summed E-state index contributed by atoms with van der Waals surface area (Å²) in [5.74, 6) is 0.949. The van der Waals surface area contributed by atoms with Gasteiger partial charge in [-0.05, 0) is 85.5 Å². The van der Waals surface area contributed by atoms with Crippen LogP contribution in [0, 0.1) is 3.57 Å². The number of carbonyl (C=O) groups is 1. The summed E-state index contributed by atoms with van der Waals surface area (Å²) in [4.78, 5) is 14.7. The molecule has 0 fully saturated rings. The molecule has 5 nitrogen and oxygen atoms in total. The van der Waals surface area contributed by atoms with Gasteiger partial charge in [-0.3, -0.25) is 4.79 Å². The van der Waals surface area contributed by atoms with Crippen LogP contribution in [0.1, 0.15) is 61.5 Å². The highest BCUT2D eigenvalue weighted by Gasteiger charge is 2.36. The van der Waals surface area contributed by atoms with Gasteiger partial charge in [-0.1, -0.05) is 13.0 Å². The number of hydrogen-bond donors (Lipinski definition) is 1. The SMILES string of the molecule is CCN1c2cc(OC)c(/C=N\NC(=O)c3cccc(I)c3)cc2C(C)CC1(C)C. The van der Waals surface area contributed by atoms with Crippen molar-refractivity contribution in [2.75, 3.05) is 18.6 Å². The minimum Gasteiger partial charge on any atom is -0.496 e. The van der Waals surface area contributed by atoms with E-state index in [-0.39, 0.29) is 11.4 Å². The fraction of sp³-hybridized carbons (Fsp3) is 0.391. The predicted molar refractivity (Wildman–Crippen MR) is 127 cm³/mol. The number of nitrogens with zero attached hydrogens (tertiary/aromatic N) is 2. The number of benzene rings is 2. The summed E-state index contributed by atoms with van der Waals surface area (Å²) < 4.78 is 6.64. The Morgan fingerprint density at radius 3 is 2.79 bits per heavy atom. The fourth-order valence-corrected chi connectivity index (χ4v) is 4.80. The Balaban J connectivity index is 1.88. The second kappa shape index (κ2) is 8.73. The van der Waals surface area contributed by atoms with Gasteiger partial charge in [0, 0.05) is 38.5 Å². The average molecular weight is 505 g/mol. The van der Waals surface area contributed by atoms with E-state index in [2.05, 4.69) is 77.8 Å². The van der Waals surface area contributed by atoms with Gasteiger partial charge in [-0.25, -0.2) is 5.43 Å². The molecule has 0 spiro atoms. The Morgan fingerprint density at radius 2 is 2.14 bits per heavy atom. The average Bonchev–Trinajstić information content (AvgIpc) is 2.67. The molecule has 0 saturated carbocycles. The minimum atomic E-state index is -0.232. The summed E-state index contributed by atoms with van der Waals surface area (Å²) in [5, 5.41) is 4.18. The van der Waals surface area contributed by atoms with Crippen molar-refractivity contribution in [1.82, 2.24) is 5.43 Å². The van der Waals surface area contributed by atoms with Crippen LogP contribution in [0.3, 0.4) is 0 Å². The highest BCUT2D eigenvalue weighted by molar-refractivity contribution is 14.1. The molecule has 1 N–H and O–H groups in total. The number of hydrazone groups is 1. The molecule has 1 aliphatic rings. The zero-order chi connectivity index (χ0) is 21.2. The van der Waals surface area contributed by atoms with E-state index in [9.17, 15) is 4.79 Å². The van der Waals surface area contributed by atoms with E-state index in [0.29, 0.717) is 11.5 Å². The molecular weight excluding hydrogens is 477 g/mol. The third-order valence-electron chi connectivity index (χ3n) is 5.51. The fourth-order valence-electron chi connectivity index (χ4n) is 4.26. The number of ether oxygens (including phenoxy) is 1. The lowest BCUT2D eigenvalue weighted by atomic mass is 9.79. The van der Waals surface area contributed by atoms with Gasteiger partial charge in [-0.2, -0.15) is 5.10 Å². The molecule has 2 aromatic carbocycles. The van der Waals surface area contributed by atoms with E-state index in [4.69, 9.17) is 4.74 Å². The Morgan fingerprint density at radius 1 is 1.38 bits per heavy atom. The van der Waals surface area contributed by atoms with E-state index >= 15 is 0 Å². The van der Waals surface area contributed by atoms with Gasteiger partial charge in [0.05, 0.1) is 13.3 Å². The van der Waals surface area contributed by atoms with Crippen LogP contribution >= 0.6 is 22.6 Å². The first kappa shape index (κ1) is 21.6. The molecule has 2 aromatic rings. The van der Waals surface area contributed by atoms with Crippen molar-refractivity contribution in [2.24, 2.45) is 5.10 Å². The van der Waals surface area contributed by atoms with Crippen molar-refractivity contribution in [3.05, 3.63) is 56.7 Å². The van der Waals surface area contributed by atoms with Crippen molar-refractivity contribution >= 4 is 40.4 Å². The number of halogens is 1. The summed E-state index contributed by atoms with van der Waals surface area (Å²) in [6.45, 7) is 9.97. The van der Waals surface area contributed by atoms with Gasteiger partial charge in [0.1, 0.15) is 5.75 Å². The van der Waals surface area contributed by atoms with E-state index < -0.39 is 0 Å². The summed E-state index contributed by atoms with van der Waals surface area (Å²) in [5.41, 5.74) is 6.66. The highest BCUT2D eigenvalue weighted by Crippen LogP contribution is 2.45.